The molecule has 5 heteroatoms. The number of benzene rings is 1. The number of hydrogen-bond donors (Lipinski definition) is 1. The molecule has 100 valence electrons. The van der Waals surface area contributed by atoms with E-state index in [1.165, 1.54) is 0 Å². The molecule has 0 spiro atoms. The van der Waals surface area contributed by atoms with Crippen molar-refractivity contribution in [1.82, 2.24) is 0 Å². The molecule has 0 aromatic heterocycles. The third-order valence-corrected chi connectivity index (χ3v) is 5.16. The van der Waals surface area contributed by atoms with Gasteiger partial charge < -0.3 is 15.2 Å². The molecule has 4 nitrogen and oxygen atoms in total. The monoisotopic (exact) mass is 269 g/mol. The lowest BCUT2D eigenvalue weighted by atomic mass is 10.2. The van der Waals surface area contributed by atoms with E-state index in [0.717, 1.165) is 12.0 Å². The second kappa shape index (κ2) is 5.71. The average molecular weight is 269 g/mol. The molecule has 2 N–H and O–H groups in total. The summed E-state index contributed by atoms with van der Waals surface area (Å²) in [6.07, 6.45) is 0.959. The minimum absolute atomic E-state index is 0.0847. The van der Waals surface area contributed by atoms with Crippen molar-refractivity contribution in [1.29, 1.82) is 0 Å². The van der Waals surface area contributed by atoms with Gasteiger partial charge in [-0.15, -0.1) is 0 Å². The average Bonchev–Trinajstić information content (AvgIpc) is 2.76. The topological polar surface area (TPSA) is 61.5 Å². The third-order valence-electron chi connectivity index (χ3n) is 3.25. The number of anilines is 1. The first kappa shape index (κ1) is 13.4. The molecule has 0 saturated carbocycles. The highest BCUT2D eigenvalue weighted by Gasteiger charge is 2.29. The smallest absolute Gasteiger partial charge is 0.141 e. The van der Waals surface area contributed by atoms with Crippen LogP contribution in [0, 0.1) is 0 Å². The van der Waals surface area contributed by atoms with Crippen LogP contribution in [0.5, 0.6) is 5.75 Å². The molecular formula is C13H19NO3S. The molecule has 1 saturated heterocycles. The van der Waals surface area contributed by atoms with Crippen molar-refractivity contribution < 1.29 is 13.7 Å². The van der Waals surface area contributed by atoms with Gasteiger partial charge in [-0.25, -0.2) is 0 Å². The first-order valence-corrected chi connectivity index (χ1v) is 7.41. The van der Waals surface area contributed by atoms with E-state index >= 15 is 0 Å². The van der Waals surface area contributed by atoms with Gasteiger partial charge in [0.25, 0.3) is 0 Å². The van der Waals surface area contributed by atoms with Gasteiger partial charge in [-0.05, 0) is 31.0 Å². The van der Waals surface area contributed by atoms with Gasteiger partial charge in [-0.1, -0.05) is 6.07 Å². The van der Waals surface area contributed by atoms with Gasteiger partial charge in [0.1, 0.15) is 5.75 Å². The largest absolute Gasteiger partial charge is 0.495 e. The summed E-state index contributed by atoms with van der Waals surface area (Å²) in [4.78, 5) is 0. The Hall–Kier alpha value is -1.07. The molecule has 1 aliphatic heterocycles. The molecule has 3 atom stereocenters. The Balaban J connectivity index is 2.05. The van der Waals surface area contributed by atoms with Gasteiger partial charge in [0.05, 0.1) is 24.2 Å². The van der Waals surface area contributed by atoms with Crippen LogP contribution >= 0.6 is 0 Å². The summed E-state index contributed by atoms with van der Waals surface area (Å²) in [5, 5.41) is 0.133. The SMILES string of the molecule is COc1ccc(CS(=O)C2CCOC2C)cc1N. The van der Waals surface area contributed by atoms with E-state index in [9.17, 15) is 4.21 Å². The zero-order valence-corrected chi connectivity index (χ0v) is 11.5. The number of nitrogen functional groups attached to an aromatic ring is 1. The maximum atomic E-state index is 12.2. The maximum Gasteiger partial charge on any atom is 0.141 e. The van der Waals surface area contributed by atoms with Crippen molar-refractivity contribution in [3.63, 3.8) is 0 Å². The van der Waals surface area contributed by atoms with E-state index in [2.05, 4.69) is 0 Å². The highest BCUT2D eigenvalue weighted by molar-refractivity contribution is 7.84. The number of hydrogen-bond acceptors (Lipinski definition) is 4. The van der Waals surface area contributed by atoms with Gasteiger partial charge in [0, 0.05) is 23.2 Å². The van der Waals surface area contributed by atoms with Crippen molar-refractivity contribution in [2.24, 2.45) is 0 Å². The second-order valence-corrected chi connectivity index (χ2v) is 6.16. The fourth-order valence-corrected chi connectivity index (χ4v) is 3.79. The summed E-state index contributed by atoms with van der Waals surface area (Å²) in [5.41, 5.74) is 7.40. The summed E-state index contributed by atoms with van der Waals surface area (Å²) in [5.74, 6) is 1.18. The summed E-state index contributed by atoms with van der Waals surface area (Å²) in [6, 6.07) is 5.56. The van der Waals surface area contributed by atoms with Crippen LogP contribution in [0.3, 0.4) is 0 Å². The zero-order valence-electron chi connectivity index (χ0n) is 10.7. The van der Waals surface area contributed by atoms with Crippen LogP contribution in [0.2, 0.25) is 0 Å². The first-order valence-electron chi connectivity index (χ1n) is 6.03. The maximum absolute atomic E-state index is 12.2. The highest BCUT2D eigenvalue weighted by atomic mass is 32.2. The predicted molar refractivity (Wildman–Crippen MR) is 73.1 cm³/mol. The Morgan fingerprint density at radius 3 is 2.89 bits per heavy atom. The first-order chi connectivity index (χ1) is 8.61. The van der Waals surface area contributed by atoms with Crippen molar-refractivity contribution in [2.75, 3.05) is 19.5 Å². The van der Waals surface area contributed by atoms with Gasteiger partial charge in [0.15, 0.2) is 0 Å². The van der Waals surface area contributed by atoms with E-state index in [4.69, 9.17) is 15.2 Å². The summed E-state index contributed by atoms with van der Waals surface area (Å²) in [6.45, 7) is 2.69. The van der Waals surface area contributed by atoms with E-state index < -0.39 is 10.8 Å². The van der Waals surface area contributed by atoms with Crippen molar-refractivity contribution in [3.05, 3.63) is 23.8 Å². The highest BCUT2D eigenvalue weighted by Crippen LogP contribution is 2.25. The molecular weight excluding hydrogens is 250 g/mol. The van der Waals surface area contributed by atoms with E-state index in [-0.39, 0.29) is 11.4 Å². The summed E-state index contributed by atoms with van der Waals surface area (Å²) >= 11 is 0. The lowest BCUT2D eigenvalue weighted by Crippen LogP contribution is -2.24. The van der Waals surface area contributed by atoms with E-state index in [1.54, 1.807) is 7.11 Å². The molecule has 0 radical (unpaired) electrons. The Morgan fingerprint density at radius 1 is 1.56 bits per heavy atom. The van der Waals surface area contributed by atoms with Crippen LogP contribution in [0.4, 0.5) is 5.69 Å². The van der Waals surface area contributed by atoms with E-state index in [1.807, 2.05) is 25.1 Å². The van der Waals surface area contributed by atoms with Gasteiger partial charge >= 0.3 is 0 Å². The molecule has 0 aliphatic carbocycles. The second-order valence-electron chi connectivity index (χ2n) is 4.50. The van der Waals surface area contributed by atoms with Crippen molar-refractivity contribution in [2.45, 2.75) is 30.5 Å². The zero-order chi connectivity index (χ0) is 13.1. The Labute approximate surface area is 110 Å². The van der Waals surface area contributed by atoms with Crippen LogP contribution in [0.1, 0.15) is 18.9 Å². The van der Waals surface area contributed by atoms with Crippen LogP contribution in [0.15, 0.2) is 18.2 Å². The Kier molecular flexibility index (Phi) is 4.24. The lowest BCUT2D eigenvalue weighted by Gasteiger charge is -2.14. The van der Waals surface area contributed by atoms with Crippen LogP contribution in [0.25, 0.3) is 0 Å². The number of rotatable bonds is 4. The predicted octanol–water partition coefficient (Wildman–Crippen LogP) is 1.70. The quantitative estimate of drug-likeness (QED) is 0.845. The van der Waals surface area contributed by atoms with Gasteiger partial charge in [-0.2, -0.15) is 0 Å². The molecule has 0 bridgehead atoms. The molecule has 3 unspecified atom stereocenters. The van der Waals surface area contributed by atoms with Crippen LogP contribution in [-0.4, -0.2) is 29.3 Å². The molecule has 2 rings (SSSR count). The number of ether oxygens (including phenoxy) is 2. The van der Waals surface area contributed by atoms with Gasteiger partial charge in [0.2, 0.25) is 0 Å². The molecule has 1 aromatic carbocycles. The lowest BCUT2D eigenvalue weighted by molar-refractivity contribution is 0.127. The molecule has 1 fully saturated rings. The van der Waals surface area contributed by atoms with E-state index in [0.29, 0.717) is 23.8 Å². The van der Waals surface area contributed by atoms with Crippen molar-refractivity contribution in [3.8, 4) is 5.75 Å². The minimum Gasteiger partial charge on any atom is -0.495 e. The third kappa shape index (κ3) is 2.84. The fourth-order valence-electron chi connectivity index (χ4n) is 2.20. The number of methoxy groups -OCH3 is 1. The van der Waals surface area contributed by atoms with Crippen LogP contribution < -0.4 is 10.5 Å². The molecule has 1 heterocycles. The Bertz CT molecular complexity index is 450. The standard InChI is InChI=1S/C13H19NO3S/c1-9-13(5-6-17-9)18(15)8-10-3-4-12(16-2)11(14)7-10/h3-4,7,9,13H,5-6,8,14H2,1-2H3. The number of nitrogens with two attached hydrogens (primary N) is 1. The molecule has 1 aromatic rings. The minimum atomic E-state index is -0.915. The summed E-state index contributed by atoms with van der Waals surface area (Å²) in [7, 11) is 0.670. The molecule has 1 aliphatic rings. The normalized spacial score (nSPS) is 25.0. The Morgan fingerprint density at radius 2 is 2.33 bits per heavy atom. The molecule has 0 amide bonds. The van der Waals surface area contributed by atoms with Crippen molar-refractivity contribution >= 4 is 16.5 Å². The van der Waals surface area contributed by atoms with Crippen LogP contribution in [-0.2, 0) is 21.3 Å². The summed E-state index contributed by atoms with van der Waals surface area (Å²) < 4.78 is 22.8. The fraction of sp³-hybridized carbons (Fsp3) is 0.538. The van der Waals surface area contributed by atoms with Gasteiger partial charge in [-0.3, -0.25) is 4.21 Å². The molecule has 18 heavy (non-hydrogen) atoms.